The first-order valence-corrected chi connectivity index (χ1v) is 8.39. The average molecular weight is 335 g/mol. The fraction of sp³-hybridized carbons (Fsp3) is 0.100. The van der Waals surface area contributed by atoms with Gasteiger partial charge in [-0.3, -0.25) is 4.79 Å². The number of carbonyl (C=O) groups excluding carboxylic acids is 2. The van der Waals surface area contributed by atoms with E-state index in [1.54, 1.807) is 25.1 Å². The summed E-state index contributed by atoms with van der Waals surface area (Å²) < 4.78 is 0. The number of carbonyl (C=O) groups is 2. The van der Waals surface area contributed by atoms with E-state index in [0.717, 1.165) is 10.4 Å². The van der Waals surface area contributed by atoms with E-state index < -0.39 is 11.9 Å². The van der Waals surface area contributed by atoms with Gasteiger partial charge in [0, 0.05) is 22.3 Å². The van der Waals surface area contributed by atoms with E-state index >= 15 is 0 Å². The van der Waals surface area contributed by atoms with Crippen LogP contribution in [0, 0.1) is 0 Å². The van der Waals surface area contributed by atoms with Crippen LogP contribution in [0.25, 0.3) is 10.4 Å². The first-order valence-electron chi connectivity index (χ1n) is 7.57. The second kappa shape index (κ2) is 6.81. The maximum Gasteiger partial charge on any atom is 0.202 e. The first-order chi connectivity index (χ1) is 11.6. The molecule has 0 aliphatic carbocycles. The average Bonchev–Trinajstić information content (AvgIpc) is 3.07. The van der Waals surface area contributed by atoms with Gasteiger partial charge in [-0.05, 0) is 17.2 Å². The Balaban J connectivity index is 2.10. The molecular formula is C20H15O3S-. The van der Waals surface area contributed by atoms with Gasteiger partial charge in [0.1, 0.15) is 0 Å². The predicted octanol–water partition coefficient (Wildman–Crippen LogP) is 3.50. The SMILES string of the molecule is C[C@@H](C(=O)[O-])c1cc(C(=O)c2ccccc2)sc1-c1ccccc1. The predicted molar refractivity (Wildman–Crippen MR) is 93.1 cm³/mol. The third-order valence-electron chi connectivity index (χ3n) is 3.88. The van der Waals surface area contributed by atoms with Crippen LogP contribution in [0.3, 0.4) is 0 Å². The first kappa shape index (κ1) is 16.1. The van der Waals surface area contributed by atoms with Crippen LogP contribution < -0.4 is 5.11 Å². The van der Waals surface area contributed by atoms with Gasteiger partial charge in [-0.2, -0.15) is 0 Å². The van der Waals surface area contributed by atoms with E-state index in [2.05, 4.69) is 0 Å². The van der Waals surface area contributed by atoms with Gasteiger partial charge >= 0.3 is 0 Å². The van der Waals surface area contributed by atoms with Crippen molar-refractivity contribution in [1.29, 1.82) is 0 Å². The Labute approximate surface area is 144 Å². The van der Waals surface area contributed by atoms with E-state index in [-0.39, 0.29) is 5.78 Å². The molecule has 24 heavy (non-hydrogen) atoms. The molecule has 1 heterocycles. The molecule has 3 nitrogen and oxygen atoms in total. The van der Waals surface area contributed by atoms with E-state index in [1.807, 2.05) is 48.5 Å². The zero-order valence-electron chi connectivity index (χ0n) is 13.1. The molecule has 0 spiro atoms. The third kappa shape index (κ3) is 3.14. The summed E-state index contributed by atoms with van der Waals surface area (Å²) in [5.74, 6) is -2.04. The number of hydrogen-bond donors (Lipinski definition) is 0. The van der Waals surface area contributed by atoms with Gasteiger partial charge < -0.3 is 9.90 Å². The highest BCUT2D eigenvalue weighted by atomic mass is 32.1. The molecule has 0 saturated heterocycles. The molecule has 120 valence electrons. The number of carboxylic acids is 1. The highest BCUT2D eigenvalue weighted by molar-refractivity contribution is 7.17. The Kier molecular flexibility index (Phi) is 4.58. The highest BCUT2D eigenvalue weighted by Crippen LogP contribution is 2.37. The van der Waals surface area contributed by atoms with Gasteiger partial charge in [-0.1, -0.05) is 67.6 Å². The van der Waals surface area contributed by atoms with Crippen LogP contribution in [0.15, 0.2) is 66.7 Å². The number of benzene rings is 2. The zero-order chi connectivity index (χ0) is 17.1. The molecule has 0 N–H and O–H groups in total. The number of thiophene rings is 1. The van der Waals surface area contributed by atoms with Crippen molar-refractivity contribution in [2.45, 2.75) is 12.8 Å². The molecule has 0 bridgehead atoms. The van der Waals surface area contributed by atoms with Crippen LogP contribution in [-0.2, 0) is 4.79 Å². The fourth-order valence-corrected chi connectivity index (χ4v) is 3.74. The Hall–Kier alpha value is -2.72. The second-order valence-electron chi connectivity index (χ2n) is 5.50. The minimum absolute atomic E-state index is 0.102. The highest BCUT2D eigenvalue weighted by Gasteiger charge is 2.21. The molecule has 0 aliphatic heterocycles. The lowest BCUT2D eigenvalue weighted by atomic mass is 9.98. The number of carboxylic acid groups (broad SMARTS) is 1. The maximum atomic E-state index is 12.7. The van der Waals surface area contributed by atoms with Gasteiger partial charge in [-0.25, -0.2) is 0 Å². The largest absolute Gasteiger partial charge is 0.550 e. The van der Waals surface area contributed by atoms with E-state index in [0.29, 0.717) is 16.0 Å². The molecular weight excluding hydrogens is 320 g/mol. The Morgan fingerprint density at radius 3 is 2.12 bits per heavy atom. The molecule has 0 unspecified atom stereocenters. The van der Waals surface area contributed by atoms with Crippen LogP contribution in [0.2, 0.25) is 0 Å². The van der Waals surface area contributed by atoms with Crippen molar-refractivity contribution in [3.63, 3.8) is 0 Å². The topological polar surface area (TPSA) is 57.2 Å². The summed E-state index contributed by atoms with van der Waals surface area (Å²) in [5, 5.41) is 11.3. The number of rotatable bonds is 5. The standard InChI is InChI=1S/C20H16O3S/c1-13(20(22)23)16-12-17(18(21)14-8-4-2-5-9-14)24-19(16)15-10-6-3-7-11-15/h2-13H,1H3,(H,22,23)/p-1/t13-/m1/s1. The molecule has 0 fully saturated rings. The molecule has 2 aromatic carbocycles. The Morgan fingerprint density at radius 2 is 1.54 bits per heavy atom. The second-order valence-corrected chi connectivity index (χ2v) is 6.55. The van der Waals surface area contributed by atoms with Crippen LogP contribution >= 0.6 is 11.3 Å². The van der Waals surface area contributed by atoms with Crippen LogP contribution in [-0.4, -0.2) is 11.8 Å². The Morgan fingerprint density at radius 1 is 0.958 bits per heavy atom. The quantitative estimate of drug-likeness (QED) is 0.671. The van der Waals surface area contributed by atoms with Crippen molar-refractivity contribution in [2.75, 3.05) is 0 Å². The van der Waals surface area contributed by atoms with Gasteiger partial charge in [0.25, 0.3) is 0 Å². The molecule has 0 saturated carbocycles. The van der Waals surface area contributed by atoms with Gasteiger partial charge in [0.15, 0.2) is 0 Å². The van der Waals surface area contributed by atoms with Crippen LogP contribution in [0.1, 0.15) is 33.6 Å². The monoisotopic (exact) mass is 335 g/mol. The van der Waals surface area contributed by atoms with Gasteiger partial charge in [-0.15, -0.1) is 11.3 Å². The van der Waals surface area contributed by atoms with Crippen molar-refractivity contribution >= 4 is 23.1 Å². The number of aliphatic carboxylic acids is 1. The number of hydrogen-bond acceptors (Lipinski definition) is 4. The van der Waals surface area contributed by atoms with E-state index in [9.17, 15) is 14.7 Å². The van der Waals surface area contributed by atoms with Crippen molar-refractivity contribution in [3.8, 4) is 10.4 Å². The van der Waals surface area contributed by atoms with Crippen molar-refractivity contribution in [1.82, 2.24) is 0 Å². The van der Waals surface area contributed by atoms with Crippen molar-refractivity contribution in [3.05, 3.63) is 82.7 Å². The summed E-state index contributed by atoms with van der Waals surface area (Å²) in [6.45, 7) is 1.58. The normalized spacial score (nSPS) is 11.9. The lowest BCUT2D eigenvalue weighted by Crippen LogP contribution is -2.28. The third-order valence-corrected chi connectivity index (χ3v) is 5.08. The summed E-state index contributed by atoms with van der Waals surface area (Å²) in [4.78, 5) is 25.4. The minimum Gasteiger partial charge on any atom is -0.550 e. The fourth-order valence-electron chi connectivity index (χ4n) is 2.51. The van der Waals surface area contributed by atoms with Crippen LogP contribution in [0.5, 0.6) is 0 Å². The molecule has 1 atom stereocenters. The molecule has 0 radical (unpaired) electrons. The molecule has 0 aliphatic rings. The summed E-state index contributed by atoms with van der Waals surface area (Å²) >= 11 is 1.32. The smallest absolute Gasteiger partial charge is 0.202 e. The summed E-state index contributed by atoms with van der Waals surface area (Å²) in [6, 6.07) is 20.2. The summed E-state index contributed by atoms with van der Waals surface area (Å²) in [5.41, 5.74) is 2.11. The Bertz CT molecular complexity index is 866. The summed E-state index contributed by atoms with van der Waals surface area (Å²) in [6.07, 6.45) is 0. The zero-order valence-corrected chi connectivity index (χ0v) is 13.9. The number of ketones is 1. The van der Waals surface area contributed by atoms with Crippen molar-refractivity contribution in [2.24, 2.45) is 0 Å². The maximum absolute atomic E-state index is 12.7. The lowest BCUT2D eigenvalue weighted by Gasteiger charge is -2.13. The molecule has 1 aromatic heterocycles. The van der Waals surface area contributed by atoms with E-state index in [1.165, 1.54) is 11.3 Å². The van der Waals surface area contributed by atoms with Crippen LogP contribution in [0.4, 0.5) is 0 Å². The molecule has 0 amide bonds. The van der Waals surface area contributed by atoms with Gasteiger partial charge in [0.05, 0.1) is 4.88 Å². The van der Waals surface area contributed by atoms with E-state index in [4.69, 9.17) is 0 Å². The van der Waals surface area contributed by atoms with Crippen molar-refractivity contribution < 1.29 is 14.7 Å². The molecule has 3 rings (SSSR count). The molecule has 3 aromatic rings. The lowest BCUT2D eigenvalue weighted by molar-refractivity contribution is -0.307. The molecule has 4 heteroatoms. The van der Waals surface area contributed by atoms with Gasteiger partial charge in [0.2, 0.25) is 5.78 Å². The minimum atomic E-state index is -1.15. The summed E-state index contributed by atoms with van der Waals surface area (Å²) in [7, 11) is 0.